The van der Waals surface area contributed by atoms with E-state index in [9.17, 15) is 0 Å². The Labute approximate surface area is 107 Å². The lowest BCUT2D eigenvalue weighted by Gasteiger charge is -2.13. The van der Waals surface area contributed by atoms with E-state index >= 15 is 0 Å². The van der Waals surface area contributed by atoms with Crippen LogP contribution in [0.2, 0.25) is 0 Å². The van der Waals surface area contributed by atoms with E-state index in [0.717, 1.165) is 23.3 Å². The molecule has 0 bridgehead atoms. The van der Waals surface area contributed by atoms with Crippen LogP contribution in [0, 0.1) is 6.92 Å². The summed E-state index contributed by atoms with van der Waals surface area (Å²) in [7, 11) is 0. The summed E-state index contributed by atoms with van der Waals surface area (Å²) in [6.45, 7) is 10.4. The summed E-state index contributed by atoms with van der Waals surface area (Å²) in [4.78, 5) is 0. The summed E-state index contributed by atoms with van der Waals surface area (Å²) in [5, 5.41) is 8.02. The van der Waals surface area contributed by atoms with Crippen LogP contribution in [0.5, 0.6) is 0 Å². The quantitative estimate of drug-likeness (QED) is 0.870. The Morgan fingerprint density at radius 1 is 1.44 bits per heavy atom. The number of aryl methyl sites for hydroxylation is 2. The lowest BCUT2D eigenvalue weighted by Crippen LogP contribution is -2.26. The predicted octanol–water partition coefficient (Wildman–Crippen LogP) is 3.25. The second-order valence-electron chi connectivity index (χ2n) is 4.23. The average Bonchev–Trinajstić information content (AvgIpc) is 2.53. The van der Waals surface area contributed by atoms with E-state index in [1.54, 1.807) is 0 Å². The predicted molar refractivity (Wildman–Crippen MR) is 71.5 cm³/mol. The average molecular weight is 288 g/mol. The molecule has 3 nitrogen and oxygen atoms in total. The molecule has 0 spiro atoms. The normalized spacial score (nSPS) is 13.1. The summed E-state index contributed by atoms with van der Waals surface area (Å²) in [5.74, 6) is 0. The first-order valence-corrected chi connectivity index (χ1v) is 6.84. The first-order valence-electron chi connectivity index (χ1n) is 6.05. The van der Waals surface area contributed by atoms with Gasteiger partial charge in [-0.15, -0.1) is 0 Å². The zero-order valence-electron chi connectivity index (χ0n) is 10.7. The second-order valence-corrected chi connectivity index (χ2v) is 5.03. The van der Waals surface area contributed by atoms with Gasteiger partial charge in [-0.05, 0) is 43.1 Å². The molecule has 0 aliphatic rings. The molecule has 0 saturated heterocycles. The van der Waals surface area contributed by atoms with Gasteiger partial charge in [-0.3, -0.25) is 4.68 Å². The molecule has 16 heavy (non-hydrogen) atoms. The summed E-state index contributed by atoms with van der Waals surface area (Å²) in [6, 6.07) is 0.567. The molecule has 0 radical (unpaired) electrons. The minimum absolute atomic E-state index is 0.567. The molecule has 0 aliphatic carbocycles. The molecule has 1 aromatic heterocycles. The van der Waals surface area contributed by atoms with Crippen molar-refractivity contribution in [1.29, 1.82) is 0 Å². The lowest BCUT2D eigenvalue weighted by molar-refractivity contribution is 0.487. The monoisotopic (exact) mass is 287 g/mol. The zero-order chi connectivity index (χ0) is 12.1. The molecular weight excluding hydrogens is 266 g/mol. The van der Waals surface area contributed by atoms with Crippen LogP contribution in [0.25, 0.3) is 0 Å². The molecule has 92 valence electrons. The fourth-order valence-corrected chi connectivity index (χ4v) is 2.27. The molecule has 0 aliphatic heterocycles. The van der Waals surface area contributed by atoms with Crippen molar-refractivity contribution in [1.82, 2.24) is 15.1 Å². The minimum Gasteiger partial charge on any atom is -0.309 e. The smallest absolute Gasteiger partial charge is 0.0739 e. The van der Waals surface area contributed by atoms with Crippen LogP contribution in [0.1, 0.15) is 45.0 Å². The van der Waals surface area contributed by atoms with Gasteiger partial charge in [0.15, 0.2) is 0 Å². The van der Waals surface area contributed by atoms with Gasteiger partial charge < -0.3 is 5.32 Å². The van der Waals surface area contributed by atoms with Crippen molar-refractivity contribution in [3.63, 3.8) is 0 Å². The summed E-state index contributed by atoms with van der Waals surface area (Å²) in [5.41, 5.74) is 2.32. The lowest BCUT2D eigenvalue weighted by atomic mass is 10.2. The van der Waals surface area contributed by atoms with Gasteiger partial charge in [0.1, 0.15) is 0 Å². The van der Waals surface area contributed by atoms with E-state index in [2.05, 4.69) is 51.8 Å². The molecule has 0 aromatic carbocycles. The maximum atomic E-state index is 4.48. The highest BCUT2D eigenvalue weighted by molar-refractivity contribution is 9.10. The number of aromatic nitrogens is 2. The van der Waals surface area contributed by atoms with Crippen molar-refractivity contribution in [3.05, 3.63) is 15.9 Å². The van der Waals surface area contributed by atoms with E-state index in [1.165, 1.54) is 18.5 Å². The van der Waals surface area contributed by atoms with Crippen molar-refractivity contribution in [2.24, 2.45) is 0 Å². The maximum Gasteiger partial charge on any atom is 0.0739 e. The van der Waals surface area contributed by atoms with Gasteiger partial charge >= 0.3 is 0 Å². The number of hydrogen-bond donors (Lipinski definition) is 1. The van der Waals surface area contributed by atoms with Gasteiger partial charge in [0.05, 0.1) is 15.9 Å². The van der Waals surface area contributed by atoms with E-state index in [1.807, 2.05) is 6.92 Å². The highest BCUT2D eigenvalue weighted by Crippen LogP contribution is 2.20. The van der Waals surface area contributed by atoms with Crippen LogP contribution in [0.3, 0.4) is 0 Å². The highest BCUT2D eigenvalue weighted by atomic mass is 79.9. The van der Waals surface area contributed by atoms with Gasteiger partial charge in [-0.2, -0.15) is 5.10 Å². The summed E-state index contributed by atoms with van der Waals surface area (Å²) in [6.07, 6.45) is 2.44. The van der Waals surface area contributed by atoms with Crippen LogP contribution in [0.4, 0.5) is 0 Å². The third-order valence-electron chi connectivity index (χ3n) is 2.79. The van der Waals surface area contributed by atoms with Crippen molar-refractivity contribution in [3.8, 4) is 0 Å². The fourth-order valence-electron chi connectivity index (χ4n) is 1.84. The third-order valence-corrected chi connectivity index (χ3v) is 3.82. The standard InChI is InChI=1S/C12H22BrN3/c1-5-7-9(3)14-8-11-12(13)10(4)15-16(11)6-2/h9,14H,5-8H2,1-4H3. The van der Waals surface area contributed by atoms with Crippen molar-refractivity contribution in [2.45, 2.75) is 59.7 Å². The van der Waals surface area contributed by atoms with Crippen molar-refractivity contribution in [2.75, 3.05) is 0 Å². The van der Waals surface area contributed by atoms with Gasteiger partial charge in [0.2, 0.25) is 0 Å². The zero-order valence-corrected chi connectivity index (χ0v) is 12.3. The molecule has 4 heteroatoms. The number of nitrogens with one attached hydrogen (secondary N) is 1. The third kappa shape index (κ3) is 3.32. The molecule has 0 amide bonds. The van der Waals surface area contributed by atoms with E-state index in [-0.39, 0.29) is 0 Å². The van der Waals surface area contributed by atoms with Gasteiger partial charge in [-0.1, -0.05) is 13.3 Å². The van der Waals surface area contributed by atoms with Gasteiger partial charge in [-0.25, -0.2) is 0 Å². The SMILES string of the molecule is CCCC(C)NCc1c(Br)c(C)nn1CC. The molecule has 1 N–H and O–H groups in total. The van der Waals surface area contributed by atoms with Crippen LogP contribution < -0.4 is 5.32 Å². The molecule has 1 aromatic rings. The van der Waals surface area contributed by atoms with Crippen molar-refractivity contribution >= 4 is 15.9 Å². The van der Waals surface area contributed by atoms with Crippen LogP contribution in [0.15, 0.2) is 4.47 Å². The number of halogens is 1. The number of rotatable bonds is 6. The largest absolute Gasteiger partial charge is 0.309 e. The van der Waals surface area contributed by atoms with Crippen LogP contribution in [-0.4, -0.2) is 15.8 Å². The topological polar surface area (TPSA) is 29.9 Å². The molecule has 1 unspecified atom stereocenters. The maximum absolute atomic E-state index is 4.48. The van der Waals surface area contributed by atoms with Crippen LogP contribution >= 0.6 is 15.9 Å². The Morgan fingerprint density at radius 3 is 2.69 bits per heavy atom. The van der Waals surface area contributed by atoms with Gasteiger partial charge in [0.25, 0.3) is 0 Å². The Balaban J connectivity index is 2.65. The fraction of sp³-hybridized carbons (Fsp3) is 0.750. The Hall–Kier alpha value is -0.350. The molecule has 1 heterocycles. The Kier molecular flexibility index (Phi) is 5.49. The Morgan fingerprint density at radius 2 is 2.12 bits per heavy atom. The van der Waals surface area contributed by atoms with E-state index in [0.29, 0.717) is 6.04 Å². The first kappa shape index (κ1) is 13.7. The van der Waals surface area contributed by atoms with Crippen LogP contribution in [-0.2, 0) is 13.1 Å². The summed E-state index contributed by atoms with van der Waals surface area (Å²) >= 11 is 3.61. The minimum atomic E-state index is 0.567. The molecule has 0 saturated carbocycles. The second kappa shape index (κ2) is 6.40. The molecule has 0 fully saturated rings. The van der Waals surface area contributed by atoms with Gasteiger partial charge in [0, 0.05) is 19.1 Å². The molecule has 1 atom stereocenters. The molecular formula is C12H22BrN3. The number of nitrogens with zero attached hydrogens (tertiary/aromatic N) is 2. The molecule has 1 rings (SSSR count). The highest BCUT2D eigenvalue weighted by Gasteiger charge is 2.12. The van der Waals surface area contributed by atoms with Crippen molar-refractivity contribution < 1.29 is 0 Å². The van der Waals surface area contributed by atoms with E-state index < -0.39 is 0 Å². The van der Waals surface area contributed by atoms with E-state index in [4.69, 9.17) is 0 Å². The first-order chi connectivity index (χ1) is 7.60. The summed E-state index contributed by atoms with van der Waals surface area (Å²) < 4.78 is 3.20. The Bertz CT molecular complexity index is 333. The number of hydrogen-bond acceptors (Lipinski definition) is 2.